The lowest BCUT2D eigenvalue weighted by Gasteiger charge is -2.37. The van der Waals surface area contributed by atoms with Crippen molar-refractivity contribution in [2.75, 3.05) is 57.3 Å². The molecule has 1 N–H and O–H groups in total. The Labute approximate surface area is 144 Å². The maximum atomic E-state index is 12.8. The van der Waals surface area contributed by atoms with Gasteiger partial charge in [-0.3, -0.25) is 9.69 Å². The summed E-state index contributed by atoms with van der Waals surface area (Å²) in [4.78, 5) is 23.9. The van der Waals surface area contributed by atoms with E-state index in [0.29, 0.717) is 12.6 Å². The average molecular weight is 331 g/mol. The highest BCUT2D eigenvalue weighted by atomic mass is 16.2. The first kappa shape index (κ1) is 17.2. The van der Waals surface area contributed by atoms with Gasteiger partial charge in [0.1, 0.15) is 5.82 Å². The van der Waals surface area contributed by atoms with Crippen molar-refractivity contribution < 1.29 is 4.79 Å². The molecule has 24 heavy (non-hydrogen) atoms. The lowest BCUT2D eigenvalue weighted by atomic mass is 10.2. The van der Waals surface area contributed by atoms with Gasteiger partial charge in [-0.1, -0.05) is 13.0 Å². The molecule has 1 aromatic rings. The van der Waals surface area contributed by atoms with Crippen molar-refractivity contribution in [1.29, 1.82) is 0 Å². The summed E-state index contributed by atoms with van der Waals surface area (Å²) in [6.45, 7) is 9.25. The van der Waals surface area contributed by atoms with Crippen LogP contribution in [-0.2, 0) is 4.79 Å². The van der Waals surface area contributed by atoms with Crippen molar-refractivity contribution in [3.63, 3.8) is 0 Å². The Morgan fingerprint density at radius 2 is 2.17 bits per heavy atom. The Bertz CT molecular complexity index is 509. The van der Waals surface area contributed by atoms with E-state index in [0.717, 1.165) is 64.5 Å². The summed E-state index contributed by atoms with van der Waals surface area (Å²) < 4.78 is 0. The number of rotatable bonds is 6. The fraction of sp³-hybridized carbons (Fsp3) is 0.667. The van der Waals surface area contributed by atoms with Crippen LogP contribution in [-0.4, -0.2) is 79.1 Å². The fourth-order valence-electron chi connectivity index (χ4n) is 3.62. The topological polar surface area (TPSA) is 51.7 Å². The summed E-state index contributed by atoms with van der Waals surface area (Å²) in [6, 6.07) is 6.40. The largest absolute Gasteiger partial charge is 0.354 e. The molecule has 1 amide bonds. The van der Waals surface area contributed by atoms with Crippen LogP contribution in [0.3, 0.4) is 0 Å². The third-order valence-electron chi connectivity index (χ3n) is 4.96. The summed E-state index contributed by atoms with van der Waals surface area (Å²) in [5.74, 6) is 1.32. The van der Waals surface area contributed by atoms with Crippen LogP contribution in [0.5, 0.6) is 0 Å². The summed E-state index contributed by atoms with van der Waals surface area (Å²) in [5.41, 5.74) is 0. The van der Waals surface area contributed by atoms with Gasteiger partial charge in [-0.05, 0) is 31.5 Å². The van der Waals surface area contributed by atoms with Gasteiger partial charge in [0.05, 0.1) is 6.54 Å². The third kappa shape index (κ3) is 4.24. The maximum Gasteiger partial charge on any atom is 0.237 e. The quantitative estimate of drug-likeness (QED) is 0.836. The van der Waals surface area contributed by atoms with Gasteiger partial charge < -0.3 is 15.1 Å². The van der Waals surface area contributed by atoms with Gasteiger partial charge in [-0.15, -0.1) is 0 Å². The molecule has 0 bridgehead atoms. The van der Waals surface area contributed by atoms with E-state index in [-0.39, 0.29) is 5.91 Å². The van der Waals surface area contributed by atoms with Crippen LogP contribution >= 0.6 is 0 Å². The fourth-order valence-corrected chi connectivity index (χ4v) is 3.62. The third-order valence-corrected chi connectivity index (χ3v) is 4.96. The number of carbonyl (C=O) groups is 1. The minimum atomic E-state index is 0.289. The highest BCUT2D eigenvalue weighted by molar-refractivity contribution is 5.78. The van der Waals surface area contributed by atoms with Crippen molar-refractivity contribution in [2.24, 2.45) is 0 Å². The average Bonchev–Trinajstić information content (AvgIpc) is 3.15. The van der Waals surface area contributed by atoms with E-state index in [1.165, 1.54) is 0 Å². The minimum absolute atomic E-state index is 0.289. The van der Waals surface area contributed by atoms with Crippen LogP contribution in [0.2, 0.25) is 0 Å². The molecule has 2 aliphatic rings. The highest BCUT2D eigenvalue weighted by Crippen LogP contribution is 2.14. The Kier molecular flexibility index (Phi) is 6.04. The summed E-state index contributed by atoms with van der Waals surface area (Å²) in [6.07, 6.45) is 3.94. The lowest BCUT2D eigenvalue weighted by molar-refractivity contribution is -0.134. The molecule has 132 valence electrons. The second kappa shape index (κ2) is 8.44. The number of amides is 1. The molecular formula is C18H29N5O. The molecule has 6 nitrogen and oxygen atoms in total. The number of hydrogen-bond acceptors (Lipinski definition) is 5. The van der Waals surface area contributed by atoms with E-state index >= 15 is 0 Å². The van der Waals surface area contributed by atoms with Crippen molar-refractivity contribution in [3.05, 3.63) is 24.4 Å². The molecule has 0 saturated carbocycles. The number of hydrogen-bond donors (Lipinski definition) is 1. The number of anilines is 1. The van der Waals surface area contributed by atoms with Crippen LogP contribution in [0.15, 0.2) is 24.4 Å². The number of nitrogens with zero attached hydrogens (tertiary/aromatic N) is 4. The summed E-state index contributed by atoms with van der Waals surface area (Å²) >= 11 is 0. The predicted molar refractivity (Wildman–Crippen MR) is 96.2 cm³/mol. The van der Waals surface area contributed by atoms with Gasteiger partial charge in [0.2, 0.25) is 5.91 Å². The molecule has 6 heteroatoms. The zero-order valence-corrected chi connectivity index (χ0v) is 14.7. The number of piperazine rings is 1. The van der Waals surface area contributed by atoms with Crippen LogP contribution in [0.4, 0.5) is 5.82 Å². The number of nitrogens with one attached hydrogen (secondary N) is 1. The molecule has 0 radical (unpaired) electrons. The minimum Gasteiger partial charge on any atom is -0.354 e. The molecule has 0 aromatic carbocycles. The van der Waals surface area contributed by atoms with Crippen LogP contribution < -0.4 is 10.2 Å². The number of carbonyl (C=O) groups excluding carboxylic acids is 1. The van der Waals surface area contributed by atoms with E-state index in [4.69, 9.17) is 0 Å². The lowest BCUT2D eigenvalue weighted by Crippen LogP contribution is -2.52. The van der Waals surface area contributed by atoms with Crippen molar-refractivity contribution in [3.8, 4) is 0 Å². The molecule has 1 aromatic heterocycles. The first-order chi connectivity index (χ1) is 11.8. The molecule has 2 aliphatic heterocycles. The molecule has 3 rings (SSSR count). The van der Waals surface area contributed by atoms with Crippen molar-refractivity contribution >= 4 is 11.7 Å². The molecule has 2 saturated heterocycles. The van der Waals surface area contributed by atoms with Gasteiger partial charge in [-0.25, -0.2) is 4.98 Å². The number of aromatic nitrogens is 1. The molecule has 1 unspecified atom stereocenters. The van der Waals surface area contributed by atoms with Crippen molar-refractivity contribution in [1.82, 2.24) is 20.1 Å². The molecular weight excluding hydrogens is 302 g/mol. The molecule has 1 atom stereocenters. The van der Waals surface area contributed by atoms with Gasteiger partial charge in [0.25, 0.3) is 0 Å². The first-order valence-corrected chi connectivity index (χ1v) is 9.16. The zero-order chi connectivity index (χ0) is 16.8. The second-order valence-electron chi connectivity index (χ2n) is 6.68. The van der Waals surface area contributed by atoms with Crippen LogP contribution in [0, 0.1) is 0 Å². The Balaban J connectivity index is 1.50. The smallest absolute Gasteiger partial charge is 0.237 e. The van der Waals surface area contributed by atoms with Crippen LogP contribution in [0.25, 0.3) is 0 Å². The molecule has 2 fully saturated rings. The van der Waals surface area contributed by atoms with E-state index in [1.54, 1.807) is 0 Å². The van der Waals surface area contributed by atoms with Gasteiger partial charge in [-0.2, -0.15) is 0 Å². The van der Waals surface area contributed by atoms with E-state index in [9.17, 15) is 4.79 Å². The standard InChI is InChI=1S/C18H29N5O/c1-2-9-23(16-6-8-19-14-16)18(24)15-21-10-12-22(13-11-21)17-5-3-4-7-20-17/h3-5,7,16,19H,2,6,8-15H2,1H3. The monoisotopic (exact) mass is 331 g/mol. The second-order valence-corrected chi connectivity index (χ2v) is 6.68. The Morgan fingerprint density at radius 1 is 1.33 bits per heavy atom. The van der Waals surface area contributed by atoms with Gasteiger partial charge in [0.15, 0.2) is 0 Å². The molecule has 0 spiro atoms. The SMILES string of the molecule is CCCN(C(=O)CN1CCN(c2ccccn2)CC1)C1CCNC1. The van der Waals surface area contributed by atoms with Gasteiger partial charge in [0, 0.05) is 51.5 Å². The summed E-state index contributed by atoms with van der Waals surface area (Å²) in [7, 11) is 0. The number of pyridine rings is 1. The van der Waals surface area contributed by atoms with Crippen LogP contribution in [0.1, 0.15) is 19.8 Å². The van der Waals surface area contributed by atoms with E-state index < -0.39 is 0 Å². The van der Waals surface area contributed by atoms with Gasteiger partial charge >= 0.3 is 0 Å². The van der Waals surface area contributed by atoms with Crippen molar-refractivity contribution in [2.45, 2.75) is 25.8 Å². The highest BCUT2D eigenvalue weighted by Gasteiger charge is 2.28. The van der Waals surface area contributed by atoms with E-state index in [1.807, 2.05) is 18.3 Å². The predicted octanol–water partition coefficient (Wildman–Crippen LogP) is 0.804. The zero-order valence-electron chi connectivity index (χ0n) is 14.7. The maximum absolute atomic E-state index is 12.8. The Morgan fingerprint density at radius 3 is 2.79 bits per heavy atom. The first-order valence-electron chi connectivity index (χ1n) is 9.16. The molecule has 0 aliphatic carbocycles. The summed E-state index contributed by atoms with van der Waals surface area (Å²) in [5, 5.41) is 3.37. The normalized spacial score (nSPS) is 21.9. The molecule has 3 heterocycles. The Hall–Kier alpha value is -1.66. The van der Waals surface area contributed by atoms with E-state index in [2.05, 4.69) is 38.0 Å².